The van der Waals surface area contributed by atoms with Crippen molar-refractivity contribution in [1.82, 2.24) is 4.90 Å². The van der Waals surface area contributed by atoms with E-state index in [0.717, 1.165) is 15.6 Å². The Morgan fingerprint density at radius 1 is 0.969 bits per heavy atom. The molecule has 0 saturated carbocycles. The molecule has 0 bridgehead atoms. The highest BCUT2D eigenvalue weighted by atomic mass is 79.9. The van der Waals surface area contributed by atoms with Gasteiger partial charge in [0.1, 0.15) is 11.3 Å². The largest absolute Gasteiger partial charge is 0.496 e. The summed E-state index contributed by atoms with van der Waals surface area (Å²) in [7, 11) is 2.84. The number of carbonyl (C=O) groups is 2. The van der Waals surface area contributed by atoms with E-state index in [1.807, 2.05) is 47.4 Å². The standard InChI is InChI=1S/C26H26BrNO4/c1-18(20-8-5-4-6-9-20)16-28(25(29)21-10-7-11-22(27)15-21)17-19-12-13-24(31-2)23(14-19)26(30)32-3/h4-15,18H,16-17H2,1-3H3/t18-/m1/s1. The number of nitrogens with zero attached hydrogens (tertiary/aromatic N) is 1. The summed E-state index contributed by atoms with van der Waals surface area (Å²) < 4.78 is 11.0. The molecule has 0 fully saturated rings. The normalized spacial score (nSPS) is 11.5. The minimum atomic E-state index is -0.480. The van der Waals surface area contributed by atoms with Gasteiger partial charge in [0, 0.05) is 23.1 Å². The maximum Gasteiger partial charge on any atom is 0.341 e. The number of halogens is 1. The predicted octanol–water partition coefficient (Wildman–Crippen LogP) is 5.69. The maximum absolute atomic E-state index is 13.5. The van der Waals surface area contributed by atoms with E-state index >= 15 is 0 Å². The van der Waals surface area contributed by atoms with Gasteiger partial charge in [-0.3, -0.25) is 4.79 Å². The molecule has 0 N–H and O–H groups in total. The number of benzene rings is 3. The molecule has 3 aromatic carbocycles. The van der Waals surface area contributed by atoms with E-state index < -0.39 is 5.97 Å². The summed E-state index contributed by atoms with van der Waals surface area (Å²) >= 11 is 3.45. The quantitative estimate of drug-likeness (QED) is 0.376. The first-order chi connectivity index (χ1) is 15.4. The second kappa shape index (κ2) is 11.0. The molecule has 0 spiro atoms. The fourth-order valence-corrected chi connectivity index (χ4v) is 3.98. The molecule has 3 aromatic rings. The van der Waals surface area contributed by atoms with Gasteiger partial charge in [0.25, 0.3) is 5.91 Å². The van der Waals surface area contributed by atoms with Gasteiger partial charge >= 0.3 is 5.97 Å². The summed E-state index contributed by atoms with van der Waals surface area (Å²) in [6.07, 6.45) is 0. The van der Waals surface area contributed by atoms with E-state index in [4.69, 9.17) is 9.47 Å². The summed E-state index contributed by atoms with van der Waals surface area (Å²) in [6.45, 7) is 2.97. The number of methoxy groups -OCH3 is 2. The Kier molecular flexibility index (Phi) is 8.06. The topological polar surface area (TPSA) is 55.8 Å². The van der Waals surface area contributed by atoms with Crippen LogP contribution in [0.5, 0.6) is 5.75 Å². The number of amides is 1. The fraction of sp³-hybridized carbons (Fsp3) is 0.231. The summed E-state index contributed by atoms with van der Waals surface area (Å²) in [5.41, 5.74) is 2.90. The highest BCUT2D eigenvalue weighted by molar-refractivity contribution is 9.10. The van der Waals surface area contributed by atoms with Crippen molar-refractivity contribution in [1.29, 1.82) is 0 Å². The Hall–Kier alpha value is -3.12. The minimum absolute atomic E-state index is 0.0792. The molecule has 5 nitrogen and oxygen atoms in total. The van der Waals surface area contributed by atoms with E-state index in [0.29, 0.717) is 30.0 Å². The van der Waals surface area contributed by atoms with Crippen LogP contribution in [0.2, 0.25) is 0 Å². The van der Waals surface area contributed by atoms with Crippen LogP contribution < -0.4 is 4.74 Å². The number of ether oxygens (including phenoxy) is 2. The highest BCUT2D eigenvalue weighted by Crippen LogP contribution is 2.24. The molecule has 0 radical (unpaired) electrons. The molecular formula is C26H26BrNO4. The molecule has 0 saturated heterocycles. The van der Waals surface area contributed by atoms with E-state index in [-0.39, 0.29) is 11.8 Å². The molecule has 1 atom stereocenters. The zero-order valence-corrected chi connectivity index (χ0v) is 20.0. The third kappa shape index (κ3) is 5.77. The van der Waals surface area contributed by atoms with Crippen molar-refractivity contribution in [2.45, 2.75) is 19.4 Å². The molecule has 0 heterocycles. The molecule has 0 unspecified atom stereocenters. The van der Waals surface area contributed by atoms with Gasteiger partial charge in [-0.15, -0.1) is 0 Å². The third-order valence-corrected chi connectivity index (χ3v) is 5.76. The molecule has 0 aliphatic heterocycles. The third-order valence-electron chi connectivity index (χ3n) is 5.26. The van der Waals surface area contributed by atoms with Gasteiger partial charge in [-0.05, 0) is 47.4 Å². The number of hydrogen-bond donors (Lipinski definition) is 0. The number of hydrogen-bond acceptors (Lipinski definition) is 4. The first-order valence-electron chi connectivity index (χ1n) is 10.3. The number of carbonyl (C=O) groups excluding carboxylic acids is 2. The lowest BCUT2D eigenvalue weighted by molar-refractivity contribution is 0.0597. The Bertz CT molecular complexity index is 1080. The second-order valence-corrected chi connectivity index (χ2v) is 8.45. The smallest absolute Gasteiger partial charge is 0.341 e. The average Bonchev–Trinajstić information content (AvgIpc) is 2.83. The van der Waals surface area contributed by atoms with Crippen LogP contribution in [0.1, 0.15) is 44.7 Å². The van der Waals surface area contributed by atoms with Crippen LogP contribution in [-0.2, 0) is 11.3 Å². The van der Waals surface area contributed by atoms with Crippen molar-refractivity contribution >= 4 is 27.8 Å². The molecular weight excluding hydrogens is 470 g/mol. The highest BCUT2D eigenvalue weighted by Gasteiger charge is 2.21. The zero-order valence-electron chi connectivity index (χ0n) is 18.4. The van der Waals surface area contributed by atoms with Gasteiger partial charge in [0.15, 0.2) is 0 Å². The van der Waals surface area contributed by atoms with Gasteiger partial charge in [-0.2, -0.15) is 0 Å². The molecule has 6 heteroatoms. The van der Waals surface area contributed by atoms with E-state index in [2.05, 4.69) is 35.0 Å². The van der Waals surface area contributed by atoms with Crippen LogP contribution in [0.15, 0.2) is 77.3 Å². The number of esters is 1. The SMILES string of the molecule is COC(=O)c1cc(CN(C[C@@H](C)c2ccccc2)C(=O)c2cccc(Br)c2)ccc1OC. The molecule has 0 aliphatic rings. The monoisotopic (exact) mass is 495 g/mol. The molecule has 1 amide bonds. The van der Waals surface area contributed by atoms with Crippen molar-refractivity contribution in [2.75, 3.05) is 20.8 Å². The Morgan fingerprint density at radius 3 is 2.38 bits per heavy atom. The van der Waals surface area contributed by atoms with Gasteiger partial charge in [0.05, 0.1) is 14.2 Å². The first kappa shape index (κ1) is 23.5. The van der Waals surface area contributed by atoms with Crippen molar-refractivity contribution in [3.63, 3.8) is 0 Å². The summed E-state index contributed by atoms with van der Waals surface area (Å²) in [5.74, 6) is 0.00415. The van der Waals surface area contributed by atoms with Gasteiger partial charge in [0.2, 0.25) is 0 Å². The Morgan fingerprint density at radius 2 is 1.72 bits per heavy atom. The fourth-order valence-electron chi connectivity index (χ4n) is 3.58. The Labute approximate surface area is 197 Å². The van der Waals surface area contributed by atoms with Crippen molar-refractivity contribution in [2.24, 2.45) is 0 Å². The van der Waals surface area contributed by atoms with Gasteiger partial charge < -0.3 is 14.4 Å². The first-order valence-corrected chi connectivity index (χ1v) is 11.1. The van der Waals surface area contributed by atoms with Crippen LogP contribution in [0, 0.1) is 0 Å². The van der Waals surface area contributed by atoms with Crippen LogP contribution in [0.4, 0.5) is 0 Å². The molecule has 32 heavy (non-hydrogen) atoms. The molecule has 166 valence electrons. The maximum atomic E-state index is 13.5. The van der Waals surface area contributed by atoms with Gasteiger partial charge in [-0.1, -0.05) is 65.3 Å². The summed E-state index contributed by atoms with van der Waals surface area (Å²) in [6, 6.07) is 22.8. The molecule has 0 aliphatic carbocycles. The van der Waals surface area contributed by atoms with E-state index in [9.17, 15) is 9.59 Å². The van der Waals surface area contributed by atoms with Crippen molar-refractivity contribution in [3.05, 3.63) is 99.5 Å². The Balaban J connectivity index is 1.93. The average molecular weight is 496 g/mol. The van der Waals surface area contributed by atoms with Crippen molar-refractivity contribution in [3.8, 4) is 5.75 Å². The van der Waals surface area contributed by atoms with E-state index in [1.165, 1.54) is 14.2 Å². The zero-order chi connectivity index (χ0) is 23.1. The van der Waals surface area contributed by atoms with Crippen LogP contribution >= 0.6 is 15.9 Å². The summed E-state index contributed by atoms with van der Waals surface area (Å²) in [4.78, 5) is 27.5. The second-order valence-electron chi connectivity index (χ2n) is 7.53. The minimum Gasteiger partial charge on any atom is -0.496 e. The van der Waals surface area contributed by atoms with Crippen molar-refractivity contribution < 1.29 is 19.1 Å². The molecule has 3 rings (SSSR count). The lowest BCUT2D eigenvalue weighted by atomic mass is 9.99. The van der Waals surface area contributed by atoms with Crippen LogP contribution in [0.25, 0.3) is 0 Å². The predicted molar refractivity (Wildman–Crippen MR) is 128 cm³/mol. The lowest BCUT2D eigenvalue weighted by Crippen LogP contribution is -2.34. The van der Waals surface area contributed by atoms with E-state index in [1.54, 1.807) is 18.2 Å². The van der Waals surface area contributed by atoms with Crippen LogP contribution in [-0.4, -0.2) is 37.5 Å². The lowest BCUT2D eigenvalue weighted by Gasteiger charge is -2.27. The summed E-state index contributed by atoms with van der Waals surface area (Å²) in [5, 5.41) is 0. The van der Waals surface area contributed by atoms with Gasteiger partial charge in [-0.25, -0.2) is 4.79 Å². The number of rotatable bonds is 8. The molecule has 0 aromatic heterocycles. The van der Waals surface area contributed by atoms with Crippen LogP contribution in [0.3, 0.4) is 0 Å².